The second kappa shape index (κ2) is 7.35. The van der Waals surface area contributed by atoms with Crippen LogP contribution in [0.2, 0.25) is 0 Å². The third-order valence-corrected chi connectivity index (χ3v) is 4.39. The zero-order valence-corrected chi connectivity index (χ0v) is 15.5. The lowest BCUT2D eigenvalue weighted by molar-refractivity contribution is -0.117. The Balaban J connectivity index is 1.46. The quantitative estimate of drug-likeness (QED) is 0.878. The maximum absolute atomic E-state index is 12.3. The van der Waals surface area contributed by atoms with Crippen LogP contribution in [-0.4, -0.2) is 45.6 Å². The smallest absolute Gasteiger partial charge is 0.410 e. The lowest BCUT2D eigenvalue weighted by Crippen LogP contribution is -2.42. The van der Waals surface area contributed by atoms with Crippen LogP contribution in [0.5, 0.6) is 0 Å². The van der Waals surface area contributed by atoms with Gasteiger partial charge in [-0.25, -0.2) is 9.78 Å². The lowest BCUT2D eigenvalue weighted by Gasteiger charge is -2.33. The molecule has 140 valence electrons. The molecule has 0 unspecified atom stereocenters. The van der Waals surface area contributed by atoms with Gasteiger partial charge >= 0.3 is 6.09 Å². The van der Waals surface area contributed by atoms with Crippen LogP contribution in [0.3, 0.4) is 0 Å². The number of nitrogens with zero attached hydrogens (tertiary/aromatic N) is 2. The molecule has 2 aromatic rings. The van der Waals surface area contributed by atoms with Crippen LogP contribution in [0.25, 0.3) is 11.0 Å². The van der Waals surface area contributed by atoms with Crippen LogP contribution in [0, 0.1) is 5.92 Å². The number of likely N-dealkylation sites (tertiary alicyclic amines) is 1. The third-order valence-electron chi connectivity index (χ3n) is 4.39. The molecule has 1 aliphatic heterocycles. The van der Waals surface area contributed by atoms with E-state index >= 15 is 0 Å². The number of H-pyrrole nitrogens is 1. The molecule has 0 aliphatic carbocycles. The van der Waals surface area contributed by atoms with Crippen LogP contribution >= 0.6 is 0 Å². The summed E-state index contributed by atoms with van der Waals surface area (Å²) in [7, 11) is 0. The van der Waals surface area contributed by atoms with Crippen molar-refractivity contribution in [1.29, 1.82) is 0 Å². The van der Waals surface area contributed by atoms with Crippen LogP contribution in [-0.2, 0) is 9.53 Å². The first-order valence-corrected chi connectivity index (χ1v) is 9.03. The summed E-state index contributed by atoms with van der Waals surface area (Å²) in [5.74, 6) is 0.681. The predicted molar refractivity (Wildman–Crippen MR) is 99.9 cm³/mol. The van der Waals surface area contributed by atoms with Crippen molar-refractivity contribution in [3.05, 3.63) is 24.3 Å². The molecule has 7 heteroatoms. The Kier molecular flexibility index (Phi) is 5.15. The summed E-state index contributed by atoms with van der Waals surface area (Å²) in [5.41, 5.74) is 1.24. The van der Waals surface area contributed by atoms with Gasteiger partial charge < -0.3 is 14.6 Å². The van der Waals surface area contributed by atoms with Gasteiger partial charge in [-0.1, -0.05) is 12.1 Å². The molecule has 26 heavy (non-hydrogen) atoms. The van der Waals surface area contributed by atoms with Gasteiger partial charge in [0.15, 0.2) is 0 Å². The van der Waals surface area contributed by atoms with Crippen molar-refractivity contribution in [2.24, 2.45) is 5.92 Å². The van der Waals surface area contributed by atoms with E-state index in [2.05, 4.69) is 15.3 Å². The van der Waals surface area contributed by atoms with Gasteiger partial charge in [-0.3, -0.25) is 10.1 Å². The maximum atomic E-state index is 12.3. The topological polar surface area (TPSA) is 87.3 Å². The first-order valence-electron chi connectivity index (χ1n) is 9.03. The van der Waals surface area contributed by atoms with Gasteiger partial charge in [0.05, 0.1) is 11.0 Å². The average molecular weight is 358 g/mol. The molecule has 1 aliphatic rings. The molecule has 1 saturated heterocycles. The number of carbonyl (C=O) groups excluding carboxylic acids is 2. The van der Waals surface area contributed by atoms with Gasteiger partial charge in [0.2, 0.25) is 11.9 Å². The Morgan fingerprint density at radius 1 is 1.27 bits per heavy atom. The highest BCUT2D eigenvalue weighted by Gasteiger charge is 2.27. The summed E-state index contributed by atoms with van der Waals surface area (Å²) in [6.07, 6.45) is 1.75. The van der Waals surface area contributed by atoms with Crippen molar-refractivity contribution in [2.75, 3.05) is 18.4 Å². The number of amides is 2. The number of aromatic amines is 1. The number of nitrogens with one attached hydrogen (secondary N) is 2. The molecule has 2 heterocycles. The number of para-hydroxylation sites is 2. The minimum Gasteiger partial charge on any atom is -0.444 e. The zero-order valence-electron chi connectivity index (χ0n) is 15.5. The summed E-state index contributed by atoms with van der Waals surface area (Å²) in [6.45, 7) is 6.83. The lowest BCUT2D eigenvalue weighted by atomic mass is 9.93. The summed E-state index contributed by atoms with van der Waals surface area (Å²) < 4.78 is 5.40. The van der Waals surface area contributed by atoms with Gasteiger partial charge in [0.25, 0.3) is 0 Å². The number of hydrogen-bond acceptors (Lipinski definition) is 4. The molecule has 0 spiro atoms. The van der Waals surface area contributed by atoms with Crippen molar-refractivity contribution < 1.29 is 14.3 Å². The van der Waals surface area contributed by atoms with Gasteiger partial charge in [0, 0.05) is 19.5 Å². The van der Waals surface area contributed by atoms with E-state index in [-0.39, 0.29) is 17.9 Å². The number of imidazole rings is 1. The minimum atomic E-state index is -0.486. The molecule has 3 rings (SSSR count). The largest absolute Gasteiger partial charge is 0.444 e. The molecule has 2 N–H and O–H groups in total. The average Bonchev–Trinajstić information content (AvgIpc) is 2.95. The fourth-order valence-corrected chi connectivity index (χ4v) is 3.10. The number of ether oxygens (including phenoxy) is 1. The molecule has 1 aromatic carbocycles. The summed E-state index contributed by atoms with van der Waals surface area (Å²) >= 11 is 0. The SMILES string of the molecule is CC(C)(C)OC(=O)N1CCC(CC(=O)Nc2nc3ccccc3[nH]2)CC1. The fraction of sp³-hybridized carbons (Fsp3) is 0.526. The summed E-state index contributed by atoms with van der Waals surface area (Å²) in [4.78, 5) is 33.5. The number of aromatic nitrogens is 2. The van der Waals surface area contributed by atoms with Crippen LogP contribution in [0.4, 0.5) is 10.7 Å². The Hall–Kier alpha value is -2.57. The number of hydrogen-bond donors (Lipinski definition) is 2. The number of piperidine rings is 1. The van der Waals surface area contributed by atoms with Gasteiger partial charge in [-0.2, -0.15) is 0 Å². The predicted octanol–water partition coefficient (Wildman–Crippen LogP) is 3.54. The number of rotatable bonds is 3. The molecule has 0 saturated carbocycles. The van der Waals surface area contributed by atoms with Crippen LogP contribution < -0.4 is 5.32 Å². The number of fused-ring (bicyclic) bond motifs is 1. The molecular formula is C19H26N4O3. The van der Waals surface area contributed by atoms with E-state index in [1.165, 1.54) is 0 Å². The fourth-order valence-electron chi connectivity index (χ4n) is 3.10. The Morgan fingerprint density at radius 3 is 2.62 bits per heavy atom. The highest BCUT2D eigenvalue weighted by molar-refractivity contribution is 5.91. The second-order valence-corrected chi connectivity index (χ2v) is 7.77. The molecule has 1 aromatic heterocycles. The van der Waals surface area contributed by atoms with Crippen molar-refractivity contribution >= 4 is 29.0 Å². The normalized spacial score (nSPS) is 15.9. The van der Waals surface area contributed by atoms with Gasteiger partial charge in [0.1, 0.15) is 5.60 Å². The van der Waals surface area contributed by atoms with Gasteiger partial charge in [-0.05, 0) is 51.7 Å². The molecule has 0 atom stereocenters. The maximum Gasteiger partial charge on any atom is 0.410 e. The zero-order chi connectivity index (χ0) is 18.7. The number of carbonyl (C=O) groups is 2. The van der Waals surface area contributed by atoms with E-state index in [0.29, 0.717) is 25.5 Å². The molecule has 7 nitrogen and oxygen atoms in total. The van der Waals surface area contributed by atoms with Crippen molar-refractivity contribution in [3.63, 3.8) is 0 Å². The Bertz CT molecular complexity index is 752. The first-order chi connectivity index (χ1) is 12.3. The van der Waals surface area contributed by atoms with Crippen LogP contribution in [0.15, 0.2) is 24.3 Å². The van der Waals surface area contributed by atoms with E-state index in [1.54, 1.807) is 4.90 Å². The second-order valence-electron chi connectivity index (χ2n) is 7.77. The molecule has 1 fully saturated rings. The van der Waals surface area contributed by atoms with E-state index in [9.17, 15) is 9.59 Å². The Labute approximate surface area is 153 Å². The minimum absolute atomic E-state index is 0.0558. The standard InChI is InChI=1S/C19H26N4O3/c1-19(2,3)26-18(25)23-10-8-13(9-11-23)12-16(24)22-17-20-14-6-4-5-7-15(14)21-17/h4-7,13H,8-12H2,1-3H3,(H2,20,21,22,24). The van der Waals surface area contributed by atoms with Gasteiger partial charge in [-0.15, -0.1) is 0 Å². The number of anilines is 1. The van der Waals surface area contributed by atoms with E-state index in [4.69, 9.17) is 4.74 Å². The monoisotopic (exact) mass is 358 g/mol. The first kappa shape index (κ1) is 18.2. The number of benzene rings is 1. The summed E-state index contributed by atoms with van der Waals surface area (Å²) in [5, 5.41) is 2.83. The highest BCUT2D eigenvalue weighted by atomic mass is 16.6. The van der Waals surface area contributed by atoms with Crippen molar-refractivity contribution in [3.8, 4) is 0 Å². The third kappa shape index (κ3) is 4.74. The van der Waals surface area contributed by atoms with E-state index < -0.39 is 5.60 Å². The Morgan fingerprint density at radius 2 is 1.96 bits per heavy atom. The van der Waals surface area contributed by atoms with Crippen molar-refractivity contribution in [2.45, 2.75) is 45.6 Å². The molecular weight excluding hydrogens is 332 g/mol. The van der Waals surface area contributed by atoms with E-state index in [1.807, 2.05) is 45.0 Å². The molecule has 0 bridgehead atoms. The van der Waals surface area contributed by atoms with E-state index in [0.717, 1.165) is 23.9 Å². The molecule has 0 radical (unpaired) electrons. The van der Waals surface area contributed by atoms with Crippen molar-refractivity contribution in [1.82, 2.24) is 14.9 Å². The highest BCUT2D eigenvalue weighted by Crippen LogP contribution is 2.23. The van der Waals surface area contributed by atoms with Crippen LogP contribution in [0.1, 0.15) is 40.0 Å². The molecule has 2 amide bonds. The summed E-state index contributed by atoms with van der Waals surface area (Å²) in [6, 6.07) is 7.65.